The van der Waals surface area contributed by atoms with Crippen LogP contribution >= 0.6 is 0 Å². The monoisotopic (exact) mass is 361 g/mol. The van der Waals surface area contributed by atoms with Crippen molar-refractivity contribution in [2.75, 3.05) is 6.61 Å². The van der Waals surface area contributed by atoms with Crippen molar-refractivity contribution < 1.29 is 32.2 Å². The molecule has 0 aromatic heterocycles. The number of esters is 1. The van der Waals surface area contributed by atoms with Crippen LogP contribution < -0.4 is 4.72 Å². The lowest BCUT2D eigenvalue weighted by Gasteiger charge is -2.20. The van der Waals surface area contributed by atoms with E-state index in [4.69, 9.17) is 4.74 Å². The normalized spacial score (nSPS) is 14.0. The zero-order chi connectivity index (χ0) is 18.5. The van der Waals surface area contributed by atoms with Gasteiger partial charge in [0.15, 0.2) is 0 Å². The maximum atomic E-state index is 13.7. The lowest BCUT2D eigenvalue weighted by Crippen LogP contribution is -2.44. The van der Waals surface area contributed by atoms with Crippen LogP contribution in [-0.2, 0) is 19.6 Å². The molecule has 1 aromatic rings. The van der Waals surface area contributed by atoms with Gasteiger partial charge in [0.25, 0.3) is 0 Å². The van der Waals surface area contributed by atoms with Crippen molar-refractivity contribution in [1.29, 1.82) is 0 Å². The topological polar surface area (TPSA) is 110 Å². The van der Waals surface area contributed by atoms with E-state index in [1.165, 1.54) is 0 Å². The van der Waals surface area contributed by atoms with Crippen molar-refractivity contribution >= 4 is 22.0 Å². The molecular weight excluding hydrogens is 341 g/mol. The van der Waals surface area contributed by atoms with Crippen molar-refractivity contribution in [2.45, 2.75) is 38.1 Å². The summed E-state index contributed by atoms with van der Waals surface area (Å²) < 4.78 is 45.1. The number of sulfonamides is 1. The molecule has 0 spiro atoms. The molecule has 0 saturated carbocycles. The number of carboxylic acid groups (broad SMARTS) is 1. The molecule has 0 unspecified atom stereocenters. The molecule has 0 amide bonds. The molecule has 7 nitrogen and oxygen atoms in total. The van der Waals surface area contributed by atoms with E-state index in [2.05, 4.69) is 0 Å². The maximum absolute atomic E-state index is 13.7. The first kappa shape index (κ1) is 20.0. The molecule has 0 aliphatic carbocycles. The quantitative estimate of drug-likeness (QED) is 0.683. The second-order valence-electron chi connectivity index (χ2n) is 5.22. The van der Waals surface area contributed by atoms with E-state index in [0.717, 1.165) is 12.1 Å². The van der Waals surface area contributed by atoms with Crippen molar-refractivity contribution in [2.24, 2.45) is 5.92 Å². The van der Waals surface area contributed by atoms with Gasteiger partial charge in [0, 0.05) is 0 Å². The van der Waals surface area contributed by atoms with Gasteiger partial charge in [0.1, 0.15) is 11.9 Å². The molecule has 2 N–H and O–H groups in total. The fraction of sp³-hybridized carbons (Fsp3) is 0.467. The molecule has 24 heavy (non-hydrogen) atoms. The molecule has 9 heteroatoms. The molecule has 1 rings (SSSR count). The van der Waals surface area contributed by atoms with E-state index >= 15 is 0 Å². The minimum atomic E-state index is -4.33. The molecule has 0 aliphatic rings. The summed E-state index contributed by atoms with van der Waals surface area (Å²) in [5.74, 6) is -3.63. The summed E-state index contributed by atoms with van der Waals surface area (Å²) >= 11 is 0. The third-order valence-corrected chi connectivity index (χ3v) is 4.87. The van der Waals surface area contributed by atoms with Gasteiger partial charge in [-0.25, -0.2) is 17.6 Å². The van der Waals surface area contributed by atoms with Crippen LogP contribution in [0.25, 0.3) is 0 Å². The zero-order valence-corrected chi connectivity index (χ0v) is 14.4. The number of carboxylic acids is 1. The molecular formula is C15H20FNO6S. The summed E-state index contributed by atoms with van der Waals surface area (Å²) in [7, 11) is -4.33. The number of nitrogens with one attached hydrogen (secondary N) is 1. The van der Waals surface area contributed by atoms with Crippen LogP contribution in [0.2, 0.25) is 0 Å². The Morgan fingerprint density at radius 2 is 1.92 bits per heavy atom. The Bertz CT molecular complexity index is 719. The summed E-state index contributed by atoms with van der Waals surface area (Å²) in [4.78, 5) is 22.4. The number of carbonyl (C=O) groups excluding carboxylic acids is 1. The van der Waals surface area contributed by atoms with Crippen LogP contribution in [-0.4, -0.2) is 38.1 Å². The standard InChI is InChI=1S/C15H20FNO6S/c1-4-9(3)13(14(18)19)17-24(21,22)12-7-10(6-11(16)8-12)15(20)23-5-2/h6-9,13,17H,4-5H2,1-3H3,(H,18,19)/t9-,13-/m0/s1. The Morgan fingerprint density at radius 3 is 2.42 bits per heavy atom. The minimum absolute atomic E-state index is 0.0464. The Balaban J connectivity index is 3.22. The molecule has 134 valence electrons. The van der Waals surface area contributed by atoms with Crippen LogP contribution in [0.5, 0.6) is 0 Å². The SMILES string of the molecule is CCOC(=O)c1cc(F)cc(S(=O)(=O)N[C@H](C(=O)O)[C@@H](C)CC)c1. The van der Waals surface area contributed by atoms with Crippen LogP contribution in [0.1, 0.15) is 37.6 Å². The average molecular weight is 361 g/mol. The fourth-order valence-corrected chi connectivity index (χ4v) is 3.28. The van der Waals surface area contributed by atoms with Crippen LogP contribution in [0.15, 0.2) is 23.1 Å². The molecule has 0 saturated heterocycles. The first-order valence-corrected chi connectivity index (χ1v) is 8.83. The highest BCUT2D eigenvalue weighted by Gasteiger charge is 2.30. The molecule has 0 fully saturated rings. The third-order valence-electron chi connectivity index (χ3n) is 3.45. The lowest BCUT2D eigenvalue weighted by atomic mass is 10.0. The predicted molar refractivity (Wildman–Crippen MR) is 83.6 cm³/mol. The zero-order valence-electron chi connectivity index (χ0n) is 13.6. The molecule has 1 aromatic carbocycles. The lowest BCUT2D eigenvalue weighted by molar-refractivity contribution is -0.140. The van der Waals surface area contributed by atoms with E-state index < -0.39 is 44.6 Å². The molecule has 0 aliphatic heterocycles. The smallest absolute Gasteiger partial charge is 0.338 e. The van der Waals surface area contributed by atoms with Crippen molar-refractivity contribution in [3.8, 4) is 0 Å². The number of hydrogen-bond donors (Lipinski definition) is 2. The minimum Gasteiger partial charge on any atom is -0.480 e. The van der Waals surface area contributed by atoms with Gasteiger partial charge in [-0.15, -0.1) is 0 Å². The Kier molecular flexibility index (Phi) is 6.85. The summed E-state index contributed by atoms with van der Waals surface area (Å²) in [6.07, 6.45) is 0.427. The summed E-state index contributed by atoms with van der Waals surface area (Å²) in [5, 5.41) is 9.18. The Hall–Kier alpha value is -2.00. The number of hydrogen-bond acceptors (Lipinski definition) is 5. The van der Waals surface area contributed by atoms with Gasteiger partial charge in [0.2, 0.25) is 10.0 Å². The van der Waals surface area contributed by atoms with Gasteiger partial charge in [-0.3, -0.25) is 4.79 Å². The number of ether oxygens (including phenoxy) is 1. The second-order valence-corrected chi connectivity index (χ2v) is 6.93. The summed E-state index contributed by atoms with van der Waals surface area (Å²) in [6.45, 7) is 4.90. The highest BCUT2D eigenvalue weighted by atomic mass is 32.2. The number of aliphatic carboxylic acids is 1. The Labute approximate surface area is 139 Å². The van der Waals surface area contributed by atoms with E-state index in [1.54, 1.807) is 20.8 Å². The van der Waals surface area contributed by atoms with E-state index in [9.17, 15) is 27.5 Å². The van der Waals surface area contributed by atoms with Crippen LogP contribution in [0.4, 0.5) is 4.39 Å². The summed E-state index contributed by atoms with van der Waals surface area (Å²) in [6, 6.07) is 1.13. The van der Waals surface area contributed by atoms with Gasteiger partial charge in [0.05, 0.1) is 17.1 Å². The van der Waals surface area contributed by atoms with Gasteiger partial charge in [-0.05, 0) is 31.0 Å². The molecule has 2 atom stereocenters. The second kappa shape index (κ2) is 8.20. The van der Waals surface area contributed by atoms with Crippen molar-refractivity contribution in [1.82, 2.24) is 4.72 Å². The number of carbonyl (C=O) groups is 2. The van der Waals surface area contributed by atoms with Crippen LogP contribution in [0, 0.1) is 11.7 Å². The fourth-order valence-electron chi connectivity index (χ4n) is 1.93. The van der Waals surface area contributed by atoms with Gasteiger partial charge in [-0.1, -0.05) is 20.3 Å². The van der Waals surface area contributed by atoms with Gasteiger partial charge in [-0.2, -0.15) is 4.72 Å². The molecule has 0 heterocycles. The Morgan fingerprint density at radius 1 is 1.29 bits per heavy atom. The number of rotatable bonds is 8. The average Bonchev–Trinajstić information content (AvgIpc) is 2.51. The highest BCUT2D eigenvalue weighted by Crippen LogP contribution is 2.18. The summed E-state index contributed by atoms with van der Waals surface area (Å²) in [5.41, 5.74) is -0.271. The predicted octanol–water partition coefficient (Wildman–Crippen LogP) is 1.78. The third kappa shape index (κ3) is 5.00. The highest BCUT2D eigenvalue weighted by molar-refractivity contribution is 7.89. The first-order valence-electron chi connectivity index (χ1n) is 7.35. The number of benzene rings is 1. The van der Waals surface area contributed by atoms with E-state index in [0.29, 0.717) is 12.5 Å². The van der Waals surface area contributed by atoms with Crippen molar-refractivity contribution in [3.05, 3.63) is 29.6 Å². The maximum Gasteiger partial charge on any atom is 0.338 e. The van der Waals surface area contributed by atoms with Crippen LogP contribution in [0.3, 0.4) is 0 Å². The number of halogens is 1. The largest absolute Gasteiger partial charge is 0.480 e. The van der Waals surface area contributed by atoms with Crippen molar-refractivity contribution in [3.63, 3.8) is 0 Å². The molecule has 0 radical (unpaired) electrons. The van der Waals surface area contributed by atoms with Gasteiger partial charge >= 0.3 is 11.9 Å². The van der Waals surface area contributed by atoms with Gasteiger partial charge < -0.3 is 9.84 Å². The van der Waals surface area contributed by atoms with E-state index in [-0.39, 0.29) is 12.2 Å². The first-order chi connectivity index (χ1) is 11.1. The molecule has 0 bridgehead atoms. The van der Waals surface area contributed by atoms with E-state index in [1.807, 2.05) is 4.72 Å².